The van der Waals surface area contributed by atoms with Gasteiger partial charge in [-0.3, -0.25) is 14.5 Å². The molecule has 132 valence electrons. The van der Waals surface area contributed by atoms with Gasteiger partial charge in [0.2, 0.25) is 11.8 Å². The number of unbranched alkanes of at least 4 members (excludes halogenated alkanes) is 2. The Labute approximate surface area is 137 Å². The zero-order valence-corrected chi connectivity index (χ0v) is 14.5. The molecule has 0 aromatic heterocycles. The fourth-order valence-corrected chi connectivity index (χ4v) is 2.06. The van der Waals surface area contributed by atoms with E-state index in [1.54, 1.807) is 0 Å². The molecule has 0 aromatic rings. The molecule has 0 aromatic carbocycles. The molecule has 0 heterocycles. The van der Waals surface area contributed by atoms with Gasteiger partial charge >= 0.3 is 6.03 Å². The summed E-state index contributed by atoms with van der Waals surface area (Å²) >= 11 is 0. The zero-order valence-electron chi connectivity index (χ0n) is 14.5. The lowest BCUT2D eigenvalue weighted by atomic mass is 10.0. The molecule has 0 aliphatic carbocycles. The number of nitrogens with two attached hydrogens (primary N) is 1. The maximum atomic E-state index is 12.7. The molecule has 8 heteroatoms. The van der Waals surface area contributed by atoms with E-state index >= 15 is 0 Å². The predicted molar refractivity (Wildman–Crippen MR) is 89.5 cm³/mol. The van der Waals surface area contributed by atoms with Crippen molar-refractivity contribution in [3.8, 4) is 0 Å². The van der Waals surface area contributed by atoms with Gasteiger partial charge in [0.15, 0.2) is 0 Å². The molecule has 0 aliphatic heterocycles. The summed E-state index contributed by atoms with van der Waals surface area (Å²) in [6.45, 7) is 7.86. The van der Waals surface area contributed by atoms with E-state index in [2.05, 4.69) is 22.8 Å². The van der Waals surface area contributed by atoms with Crippen molar-refractivity contribution in [1.82, 2.24) is 15.6 Å². The molecule has 0 saturated heterocycles. The van der Waals surface area contributed by atoms with Crippen LogP contribution in [0.15, 0.2) is 5.10 Å². The monoisotopic (exact) mass is 327 g/mol. The largest absolute Gasteiger partial charge is 0.350 e. The van der Waals surface area contributed by atoms with E-state index in [4.69, 9.17) is 5.73 Å². The van der Waals surface area contributed by atoms with Gasteiger partial charge in [0.25, 0.3) is 0 Å². The molecule has 0 radical (unpaired) electrons. The van der Waals surface area contributed by atoms with Gasteiger partial charge in [0.1, 0.15) is 12.4 Å². The summed E-state index contributed by atoms with van der Waals surface area (Å²) in [7, 11) is 0. The minimum absolute atomic E-state index is 0.244. The van der Waals surface area contributed by atoms with Crippen LogP contribution in [0, 0.1) is 5.92 Å². The Morgan fingerprint density at radius 1 is 1.26 bits per heavy atom. The van der Waals surface area contributed by atoms with Crippen molar-refractivity contribution in [3.63, 3.8) is 0 Å². The van der Waals surface area contributed by atoms with Gasteiger partial charge in [-0.05, 0) is 18.8 Å². The third-order valence-corrected chi connectivity index (χ3v) is 3.04. The third kappa shape index (κ3) is 10.3. The summed E-state index contributed by atoms with van der Waals surface area (Å²) in [5, 5.41) is 6.33. The molecule has 0 aliphatic rings. The van der Waals surface area contributed by atoms with E-state index in [1.165, 1.54) is 18.2 Å². The summed E-state index contributed by atoms with van der Waals surface area (Å²) in [6.07, 6.45) is 4.56. The van der Waals surface area contributed by atoms with Crippen LogP contribution in [-0.2, 0) is 9.59 Å². The van der Waals surface area contributed by atoms with E-state index in [0.29, 0.717) is 13.0 Å². The first-order valence-corrected chi connectivity index (χ1v) is 7.94. The molecule has 0 spiro atoms. The lowest BCUT2D eigenvalue weighted by molar-refractivity contribution is -0.133. The summed E-state index contributed by atoms with van der Waals surface area (Å²) in [5.41, 5.74) is 7.01. The van der Waals surface area contributed by atoms with E-state index in [9.17, 15) is 14.4 Å². The molecular formula is C15H29N5O3. The second-order valence-corrected chi connectivity index (χ2v) is 5.84. The Bertz CT molecular complexity index is 423. The van der Waals surface area contributed by atoms with Crippen LogP contribution < -0.4 is 16.5 Å². The number of nitrogens with one attached hydrogen (secondary N) is 2. The summed E-state index contributed by atoms with van der Waals surface area (Å²) in [4.78, 5) is 36.1. The molecule has 4 N–H and O–H groups in total. The molecule has 4 amide bonds. The van der Waals surface area contributed by atoms with Crippen LogP contribution in [0.2, 0.25) is 0 Å². The molecular weight excluding hydrogens is 298 g/mol. The average molecular weight is 327 g/mol. The maximum Gasteiger partial charge on any atom is 0.332 e. The number of carbonyl (C=O) groups is 3. The zero-order chi connectivity index (χ0) is 17.8. The van der Waals surface area contributed by atoms with Crippen LogP contribution in [0.5, 0.6) is 0 Å². The minimum Gasteiger partial charge on any atom is -0.350 e. The van der Waals surface area contributed by atoms with Crippen molar-refractivity contribution in [2.45, 2.75) is 59.4 Å². The lowest BCUT2D eigenvalue weighted by Gasteiger charge is -2.25. The minimum atomic E-state index is -0.803. The van der Waals surface area contributed by atoms with E-state index < -0.39 is 12.1 Å². The number of hydrogen-bond acceptors (Lipinski definition) is 4. The molecule has 0 bridgehead atoms. The first-order valence-electron chi connectivity index (χ1n) is 7.94. The standard InChI is InChI=1S/C15H29N5O3/c1-5-6-7-8-20(10-17-19-15(16)23)14(22)13(9-11(2)3)18-12(4)21/h10-11,13H,5-9H2,1-4H3,(H,18,21)(H3,16,19,23)/t13-/m0/s1. The number of amides is 4. The van der Waals surface area contributed by atoms with E-state index in [0.717, 1.165) is 19.3 Å². The highest BCUT2D eigenvalue weighted by Crippen LogP contribution is 2.09. The molecule has 8 nitrogen and oxygen atoms in total. The van der Waals surface area contributed by atoms with Crippen molar-refractivity contribution < 1.29 is 14.4 Å². The van der Waals surface area contributed by atoms with Crippen LogP contribution in [0.1, 0.15) is 53.4 Å². The van der Waals surface area contributed by atoms with E-state index in [1.807, 2.05) is 13.8 Å². The highest BCUT2D eigenvalue weighted by molar-refractivity contribution is 5.94. The Kier molecular flexibility index (Phi) is 10.4. The summed E-state index contributed by atoms with van der Waals surface area (Å²) < 4.78 is 0. The smallest absolute Gasteiger partial charge is 0.332 e. The number of carbonyl (C=O) groups excluding carboxylic acids is 3. The fourth-order valence-electron chi connectivity index (χ4n) is 2.06. The average Bonchev–Trinajstić information content (AvgIpc) is 2.43. The second kappa shape index (κ2) is 11.4. The van der Waals surface area contributed by atoms with Crippen LogP contribution in [0.25, 0.3) is 0 Å². The van der Waals surface area contributed by atoms with Crippen LogP contribution in [-0.4, -0.2) is 41.7 Å². The Balaban J connectivity index is 5.03. The highest BCUT2D eigenvalue weighted by Gasteiger charge is 2.25. The first kappa shape index (κ1) is 20.9. The van der Waals surface area contributed by atoms with Crippen molar-refractivity contribution >= 4 is 24.2 Å². The quantitative estimate of drug-likeness (QED) is 0.242. The number of hydrazone groups is 1. The Morgan fingerprint density at radius 3 is 2.39 bits per heavy atom. The van der Waals surface area contributed by atoms with Gasteiger partial charge in [-0.2, -0.15) is 5.10 Å². The lowest BCUT2D eigenvalue weighted by Crippen LogP contribution is -2.48. The summed E-state index contributed by atoms with van der Waals surface area (Å²) in [6, 6.07) is -1.42. The van der Waals surface area contributed by atoms with Crippen LogP contribution in [0.3, 0.4) is 0 Å². The van der Waals surface area contributed by atoms with Crippen molar-refractivity contribution in [2.24, 2.45) is 16.8 Å². The van der Waals surface area contributed by atoms with Crippen LogP contribution in [0.4, 0.5) is 4.79 Å². The Morgan fingerprint density at radius 2 is 1.91 bits per heavy atom. The first-order chi connectivity index (χ1) is 10.8. The molecule has 1 atom stereocenters. The highest BCUT2D eigenvalue weighted by atomic mass is 16.2. The Hall–Kier alpha value is -2.12. The molecule has 0 saturated carbocycles. The topological polar surface area (TPSA) is 117 Å². The normalized spacial score (nSPS) is 12.2. The molecule has 0 fully saturated rings. The second-order valence-electron chi connectivity index (χ2n) is 5.84. The van der Waals surface area contributed by atoms with Gasteiger partial charge in [0.05, 0.1) is 0 Å². The summed E-state index contributed by atoms with van der Waals surface area (Å²) in [5.74, 6) is -0.265. The van der Waals surface area contributed by atoms with Crippen molar-refractivity contribution in [3.05, 3.63) is 0 Å². The van der Waals surface area contributed by atoms with Crippen molar-refractivity contribution in [2.75, 3.05) is 6.54 Å². The van der Waals surface area contributed by atoms with Gasteiger partial charge in [0, 0.05) is 13.5 Å². The van der Waals surface area contributed by atoms with Gasteiger partial charge in [-0.1, -0.05) is 33.6 Å². The predicted octanol–water partition coefficient (Wildman–Crippen LogP) is 1.17. The molecule has 0 rings (SSSR count). The fraction of sp³-hybridized carbons (Fsp3) is 0.733. The van der Waals surface area contributed by atoms with Gasteiger partial charge < -0.3 is 11.1 Å². The number of hydrogen-bond donors (Lipinski definition) is 3. The molecule has 0 unspecified atom stereocenters. The maximum absolute atomic E-state index is 12.7. The number of nitrogens with zero attached hydrogens (tertiary/aromatic N) is 2. The van der Waals surface area contributed by atoms with E-state index in [-0.39, 0.29) is 17.7 Å². The van der Waals surface area contributed by atoms with Crippen molar-refractivity contribution in [1.29, 1.82) is 0 Å². The van der Waals surface area contributed by atoms with Gasteiger partial charge in [-0.15, -0.1) is 0 Å². The number of urea groups is 1. The number of rotatable bonds is 10. The third-order valence-electron chi connectivity index (χ3n) is 3.04. The number of primary amides is 1. The SMILES string of the molecule is CCCCCN(C=NNC(N)=O)C(=O)[C@H](CC(C)C)NC(C)=O. The van der Waals surface area contributed by atoms with Crippen LogP contribution >= 0.6 is 0 Å². The molecule has 23 heavy (non-hydrogen) atoms. The van der Waals surface area contributed by atoms with Gasteiger partial charge in [-0.25, -0.2) is 10.2 Å².